The molecule has 0 unspecified atom stereocenters. The average Bonchev–Trinajstić information content (AvgIpc) is 2.96. The van der Waals surface area contributed by atoms with Gasteiger partial charge in [0.15, 0.2) is 0 Å². The van der Waals surface area contributed by atoms with Crippen molar-refractivity contribution in [2.24, 2.45) is 0 Å². The van der Waals surface area contributed by atoms with E-state index in [4.69, 9.17) is 0 Å². The minimum absolute atomic E-state index is 0.00132. The van der Waals surface area contributed by atoms with Crippen LogP contribution in [0.2, 0.25) is 0 Å². The molecular weight excluding hydrogens is 354 g/mol. The summed E-state index contributed by atoms with van der Waals surface area (Å²) in [4.78, 5) is 12.4. The second kappa shape index (κ2) is 5.47. The zero-order valence-corrected chi connectivity index (χ0v) is 14.9. The first-order valence-electron chi connectivity index (χ1n) is 8.83. The predicted octanol–water partition coefficient (Wildman–Crippen LogP) is 1.41. The summed E-state index contributed by atoms with van der Waals surface area (Å²) in [6.07, 6.45) is 6.05. The van der Waals surface area contributed by atoms with Crippen LogP contribution in [0.5, 0.6) is 0 Å². The summed E-state index contributed by atoms with van der Waals surface area (Å²) in [5.41, 5.74) is 5.60. The molecule has 1 aromatic heterocycles. The highest BCUT2D eigenvalue weighted by molar-refractivity contribution is 7.90. The molecule has 0 atom stereocenters. The van der Waals surface area contributed by atoms with E-state index in [1.807, 2.05) is 0 Å². The standard InChI is InChI=1S/C17H19N5O3S/c23-17(20-15-12-4-2-10(12)8-11-3-5-13(11)15)21-26(24,25)14-9-19-22-7-1-6-18-16(14)22/h8-9,18H,1-7H2,(H2,20,21,23). The zero-order valence-electron chi connectivity index (χ0n) is 14.1. The van der Waals surface area contributed by atoms with Gasteiger partial charge in [-0.25, -0.2) is 22.6 Å². The van der Waals surface area contributed by atoms with E-state index in [2.05, 4.69) is 26.5 Å². The lowest BCUT2D eigenvalue weighted by atomic mass is 9.76. The smallest absolute Gasteiger partial charge is 0.333 e. The van der Waals surface area contributed by atoms with E-state index in [9.17, 15) is 13.2 Å². The lowest BCUT2D eigenvalue weighted by molar-refractivity contribution is 0.256. The molecule has 9 heteroatoms. The first-order valence-corrected chi connectivity index (χ1v) is 10.3. The SMILES string of the molecule is O=C(Nc1c2c(cc3c1CC3)CC2)NS(=O)(=O)c1cnn2c1NCCC2. The third-order valence-electron chi connectivity index (χ3n) is 5.42. The van der Waals surface area contributed by atoms with E-state index in [1.54, 1.807) is 4.68 Å². The van der Waals surface area contributed by atoms with Crippen LogP contribution in [0.3, 0.4) is 0 Å². The average molecular weight is 373 g/mol. The van der Waals surface area contributed by atoms with Gasteiger partial charge >= 0.3 is 6.03 Å². The summed E-state index contributed by atoms with van der Waals surface area (Å²) in [7, 11) is -4.00. The number of carbonyl (C=O) groups excluding carboxylic acids is 1. The van der Waals surface area contributed by atoms with Gasteiger partial charge in [-0.05, 0) is 54.4 Å². The topological polar surface area (TPSA) is 105 Å². The fourth-order valence-corrected chi connectivity index (χ4v) is 4.91. The molecule has 3 N–H and O–H groups in total. The molecule has 3 aliphatic rings. The zero-order chi connectivity index (χ0) is 17.9. The molecule has 8 nitrogen and oxygen atoms in total. The summed E-state index contributed by atoms with van der Waals surface area (Å²) >= 11 is 0. The van der Waals surface area contributed by atoms with E-state index in [-0.39, 0.29) is 4.90 Å². The number of nitrogens with zero attached hydrogens (tertiary/aromatic N) is 2. The number of hydrogen-bond donors (Lipinski definition) is 3. The number of urea groups is 1. The molecule has 2 heterocycles. The molecule has 1 aromatic carbocycles. The van der Waals surface area contributed by atoms with E-state index >= 15 is 0 Å². The maximum Gasteiger partial charge on any atom is 0.333 e. The Labute approximate surface area is 151 Å². The van der Waals surface area contributed by atoms with Crippen molar-refractivity contribution >= 4 is 27.6 Å². The highest BCUT2D eigenvalue weighted by Crippen LogP contribution is 2.40. The highest BCUT2D eigenvalue weighted by atomic mass is 32.2. The summed E-state index contributed by atoms with van der Waals surface area (Å²) in [6.45, 7) is 1.34. The van der Waals surface area contributed by atoms with Crippen molar-refractivity contribution in [3.63, 3.8) is 0 Å². The van der Waals surface area contributed by atoms with E-state index in [0.717, 1.165) is 48.9 Å². The maximum atomic E-state index is 12.6. The van der Waals surface area contributed by atoms with Crippen molar-refractivity contribution in [2.45, 2.75) is 43.5 Å². The van der Waals surface area contributed by atoms with Gasteiger partial charge in [0.2, 0.25) is 0 Å². The molecule has 26 heavy (non-hydrogen) atoms. The number of amides is 2. The molecule has 0 radical (unpaired) electrons. The van der Waals surface area contributed by atoms with Gasteiger partial charge in [-0.1, -0.05) is 6.07 Å². The van der Waals surface area contributed by atoms with Gasteiger partial charge in [0.1, 0.15) is 10.7 Å². The minimum Gasteiger partial charge on any atom is -0.369 e. The molecule has 0 saturated carbocycles. The predicted molar refractivity (Wildman–Crippen MR) is 95.9 cm³/mol. The number of carbonyl (C=O) groups is 1. The van der Waals surface area contributed by atoms with Crippen LogP contribution in [0, 0.1) is 0 Å². The first-order chi connectivity index (χ1) is 12.5. The maximum absolute atomic E-state index is 12.6. The van der Waals surface area contributed by atoms with E-state index < -0.39 is 16.1 Å². The lowest BCUT2D eigenvalue weighted by Gasteiger charge is -2.32. The molecule has 0 bridgehead atoms. The van der Waals surface area contributed by atoms with Crippen LogP contribution in [0.25, 0.3) is 0 Å². The molecule has 2 amide bonds. The third kappa shape index (κ3) is 2.30. The Bertz CT molecular complexity index is 1010. The third-order valence-corrected chi connectivity index (χ3v) is 6.75. The van der Waals surface area contributed by atoms with Crippen LogP contribution >= 0.6 is 0 Å². The van der Waals surface area contributed by atoms with Gasteiger partial charge in [0, 0.05) is 18.8 Å². The number of anilines is 2. The summed E-state index contributed by atoms with van der Waals surface area (Å²) < 4.78 is 29.0. The van der Waals surface area contributed by atoms with Gasteiger partial charge in [0.25, 0.3) is 10.0 Å². The Morgan fingerprint density at radius 3 is 2.54 bits per heavy atom. The number of rotatable bonds is 3. The van der Waals surface area contributed by atoms with Gasteiger partial charge in [-0.2, -0.15) is 5.10 Å². The van der Waals surface area contributed by atoms with Gasteiger partial charge in [-0.15, -0.1) is 0 Å². The Kier molecular flexibility index (Phi) is 3.30. The quantitative estimate of drug-likeness (QED) is 0.754. The summed E-state index contributed by atoms with van der Waals surface area (Å²) in [5.74, 6) is 0.435. The van der Waals surface area contributed by atoms with Crippen LogP contribution in [0.4, 0.5) is 16.3 Å². The number of benzene rings is 1. The molecule has 0 spiro atoms. The number of aryl methyl sites for hydroxylation is 3. The van der Waals surface area contributed by atoms with Crippen molar-refractivity contribution in [2.75, 3.05) is 17.2 Å². The number of nitrogens with one attached hydrogen (secondary N) is 3. The van der Waals surface area contributed by atoms with E-state index in [0.29, 0.717) is 18.9 Å². The molecule has 1 aliphatic heterocycles. The van der Waals surface area contributed by atoms with Crippen LogP contribution in [0.15, 0.2) is 17.2 Å². The normalized spacial score (nSPS) is 16.9. The van der Waals surface area contributed by atoms with Crippen molar-refractivity contribution in [3.8, 4) is 0 Å². The molecule has 0 fully saturated rings. The number of aromatic nitrogens is 2. The Hall–Kier alpha value is -2.55. The fraction of sp³-hybridized carbons (Fsp3) is 0.412. The number of hydrogen-bond acceptors (Lipinski definition) is 5. The Morgan fingerprint density at radius 1 is 1.15 bits per heavy atom. The van der Waals surface area contributed by atoms with Crippen molar-refractivity contribution in [3.05, 3.63) is 34.5 Å². The van der Waals surface area contributed by atoms with Crippen molar-refractivity contribution in [1.29, 1.82) is 0 Å². The Balaban J connectivity index is 1.39. The highest BCUT2D eigenvalue weighted by Gasteiger charge is 2.30. The van der Waals surface area contributed by atoms with Crippen molar-refractivity contribution < 1.29 is 13.2 Å². The fourth-order valence-electron chi connectivity index (χ4n) is 3.89. The summed E-state index contributed by atoms with van der Waals surface area (Å²) in [6, 6.07) is 1.48. The van der Waals surface area contributed by atoms with Gasteiger partial charge < -0.3 is 10.6 Å². The largest absolute Gasteiger partial charge is 0.369 e. The Morgan fingerprint density at radius 2 is 1.88 bits per heavy atom. The van der Waals surface area contributed by atoms with E-state index in [1.165, 1.54) is 17.3 Å². The van der Waals surface area contributed by atoms with Crippen LogP contribution in [-0.2, 0) is 42.3 Å². The summed E-state index contributed by atoms with van der Waals surface area (Å²) in [5, 5.41) is 9.91. The molecular formula is C17H19N5O3S. The molecule has 136 valence electrons. The van der Waals surface area contributed by atoms with Crippen molar-refractivity contribution in [1.82, 2.24) is 14.5 Å². The minimum atomic E-state index is -4.00. The lowest BCUT2D eigenvalue weighted by Crippen LogP contribution is -2.36. The number of fused-ring (bicyclic) bond motifs is 3. The first kappa shape index (κ1) is 15.7. The van der Waals surface area contributed by atoms with Gasteiger partial charge in [-0.3, -0.25) is 0 Å². The molecule has 2 aliphatic carbocycles. The van der Waals surface area contributed by atoms with Crippen LogP contribution < -0.4 is 15.4 Å². The molecule has 0 saturated heterocycles. The second-order valence-corrected chi connectivity index (χ2v) is 8.60. The van der Waals surface area contributed by atoms with Crippen LogP contribution in [0.1, 0.15) is 28.7 Å². The van der Waals surface area contributed by atoms with Crippen LogP contribution in [-0.4, -0.2) is 30.8 Å². The number of sulfonamides is 1. The molecule has 2 aromatic rings. The van der Waals surface area contributed by atoms with Gasteiger partial charge in [0.05, 0.1) is 6.20 Å². The monoisotopic (exact) mass is 373 g/mol. The molecule has 5 rings (SSSR count). The second-order valence-electron chi connectivity index (χ2n) is 6.95.